The van der Waals surface area contributed by atoms with Crippen LogP contribution in [0.15, 0.2) is 55.1 Å². The molecule has 0 fully saturated rings. The number of hydrogen-bond acceptors (Lipinski definition) is 2. The van der Waals surface area contributed by atoms with E-state index < -0.39 is 0 Å². The zero-order valence-corrected chi connectivity index (χ0v) is 11.8. The highest BCUT2D eigenvalue weighted by atomic mass is 32.1. The second-order valence-electron chi connectivity index (χ2n) is 4.34. The Balaban J connectivity index is 2.15. The third-order valence-electron chi connectivity index (χ3n) is 2.80. The molecule has 1 aromatic carbocycles. The molecule has 0 aliphatic carbocycles. The number of aryl methyl sites for hydroxylation is 1. The fraction of sp³-hybridized carbons (Fsp3) is 0.188. The van der Waals surface area contributed by atoms with Gasteiger partial charge in [-0.25, -0.2) is 0 Å². The number of nitrogens with zero attached hydrogens (tertiary/aromatic N) is 1. The van der Waals surface area contributed by atoms with Crippen molar-refractivity contribution in [3.63, 3.8) is 0 Å². The third-order valence-corrected chi connectivity index (χ3v) is 3.83. The molecule has 0 bridgehead atoms. The van der Waals surface area contributed by atoms with Crippen molar-refractivity contribution in [3.05, 3.63) is 65.6 Å². The average molecular weight is 271 g/mol. The van der Waals surface area contributed by atoms with Crippen LogP contribution in [-0.4, -0.2) is 12.5 Å². The molecule has 2 nitrogen and oxygen atoms in total. The molecule has 1 aromatic heterocycles. The highest BCUT2D eigenvalue weighted by Gasteiger charge is 2.16. The maximum atomic E-state index is 12.4. The van der Waals surface area contributed by atoms with Crippen LogP contribution in [0.2, 0.25) is 0 Å². The van der Waals surface area contributed by atoms with Gasteiger partial charge in [0.05, 0.1) is 11.4 Å². The first-order valence-corrected chi connectivity index (χ1v) is 7.04. The Morgan fingerprint density at radius 2 is 2.00 bits per heavy atom. The molecule has 19 heavy (non-hydrogen) atoms. The number of hydrogen-bond donors (Lipinski definition) is 0. The molecule has 0 aliphatic rings. The van der Waals surface area contributed by atoms with Gasteiger partial charge in [0.15, 0.2) is 0 Å². The zero-order chi connectivity index (χ0) is 13.7. The summed E-state index contributed by atoms with van der Waals surface area (Å²) >= 11 is 1.63. The number of benzene rings is 1. The molecule has 0 aliphatic heterocycles. The molecule has 98 valence electrons. The Bertz CT molecular complexity index is 559. The largest absolute Gasteiger partial charge is 0.300 e. The predicted octanol–water partition coefficient (Wildman–Crippen LogP) is 3.82. The minimum atomic E-state index is 0.105. The lowest BCUT2D eigenvalue weighted by Gasteiger charge is -2.19. The summed E-state index contributed by atoms with van der Waals surface area (Å²) in [5.74, 6) is 0.105. The summed E-state index contributed by atoms with van der Waals surface area (Å²) < 4.78 is 0. The van der Waals surface area contributed by atoms with E-state index in [0.29, 0.717) is 13.0 Å². The van der Waals surface area contributed by atoms with Gasteiger partial charge >= 0.3 is 0 Å². The molecule has 0 saturated carbocycles. The lowest BCUT2D eigenvalue weighted by atomic mass is 10.1. The normalized spacial score (nSPS) is 10.2. The fourth-order valence-electron chi connectivity index (χ4n) is 1.88. The minimum Gasteiger partial charge on any atom is -0.300 e. The van der Waals surface area contributed by atoms with Crippen LogP contribution in [0, 0.1) is 6.92 Å². The van der Waals surface area contributed by atoms with Crippen molar-refractivity contribution in [1.29, 1.82) is 0 Å². The molecule has 0 unspecified atom stereocenters. The number of thiophene rings is 1. The Kier molecular flexibility index (Phi) is 4.53. The predicted molar refractivity (Wildman–Crippen MR) is 81.8 cm³/mol. The second kappa shape index (κ2) is 6.34. The first-order valence-electron chi connectivity index (χ1n) is 6.22. The quantitative estimate of drug-likeness (QED) is 0.757. The van der Waals surface area contributed by atoms with Crippen molar-refractivity contribution in [3.8, 4) is 0 Å². The van der Waals surface area contributed by atoms with Gasteiger partial charge in [0.25, 0.3) is 0 Å². The van der Waals surface area contributed by atoms with Crippen molar-refractivity contribution in [2.24, 2.45) is 0 Å². The zero-order valence-electron chi connectivity index (χ0n) is 11.0. The maximum Gasteiger partial charge on any atom is 0.232 e. The van der Waals surface area contributed by atoms with E-state index in [1.807, 2.05) is 49.4 Å². The summed E-state index contributed by atoms with van der Waals surface area (Å²) in [6, 6.07) is 13.8. The first kappa shape index (κ1) is 13.6. The molecule has 1 heterocycles. The van der Waals surface area contributed by atoms with Crippen LogP contribution in [0.5, 0.6) is 0 Å². The maximum absolute atomic E-state index is 12.4. The number of carbonyl (C=O) groups is 1. The summed E-state index contributed by atoms with van der Waals surface area (Å²) in [6.07, 6.45) is 2.18. The van der Waals surface area contributed by atoms with Crippen molar-refractivity contribution >= 4 is 22.2 Å². The molecule has 1 amide bonds. The van der Waals surface area contributed by atoms with Crippen LogP contribution in [-0.2, 0) is 11.2 Å². The van der Waals surface area contributed by atoms with Crippen LogP contribution in [0.25, 0.3) is 0 Å². The SMILES string of the molecule is C=CCN(C(=O)Cc1ccccc1)c1ccc(C)s1. The third kappa shape index (κ3) is 3.55. The molecule has 0 N–H and O–H groups in total. The van der Waals surface area contributed by atoms with Crippen molar-refractivity contribution in [2.45, 2.75) is 13.3 Å². The van der Waals surface area contributed by atoms with E-state index in [1.54, 1.807) is 22.3 Å². The average Bonchev–Trinajstić information content (AvgIpc) is 2.83. The molecule has 2 rings (SSSR count). The summed E-state index contributed by atoms with van der Waals surface area (Å²) in [4.78, 5) is 15.4. The Morgan fingerprint density at radius 1 is 1.26 bits per heavy atom. The standard InChI is InChI=1S/C16H17NOS/c1-3-11-17(16-10-9-13(2)19-16)15(18)12-14-7-5-4-6-8-14/h3-10H,1,11-12H2,2H3. The van der Waals surface area contributed by atoms with E-state index in [0.717, 1.165) is 10.6 Å². The molecule has 2 aromatic rings. The van der Waals surface area contributed by atoms with Gasteiger partial charge in [-0.05, 0) is 24.6 Å². The Morgan fingerprint density at radius 3 is 2.58 bits per heavy atom. The number of carbonyl (C=O) groups excluding carboxylic acids is 1. The topological polar surface area (TPSA) is 20.3 Å². The van der Waals surface area contributed by atoms with E-state index in [-0.39, 0.29) is 5.91 Å². The minimum absolute atomic E-state index is 0.105. The van der Waals surface area contributed by atoms with Gasteiger partial charge in [-0.2, -0.15) is 0 Å². The first-order chi connectivity index (χ1) is 9.20. The van der Waals surface area contributed by atoms with Crippen molar-refractivity contribution < 1.29 is 4.79 Å². The van der Waals surface area contributed by atoms with Crippen LogP contribution in [0.3, 0.4) is 0 Å². The Labute approximate surface area is 118 Å². The van der Waals surface area contributed by atoms with E-state index >= 15 is 0 Å². The van der Waals surface area contributed by atoms with Gasteiger partial charge < -0.3 is 0 Å². The monoisotopic (exact) mass is 271 g/mol. The summed E-state index contributed by atoms with van der Waals surface area (Å²) in [6.45, 7) is 6.32. The summed E-state index contributed by atoms with van der Waals surface area (Å²) in [5.41, 5.74) is 1.04. The van der Waals surface area contributed by atoms with Crippen molar-refractivity contribution in [1.82, 2.24) is 0 Å². The Hall–Kier alpha value is -1.87. The lowest BCUT2D eigenvalue weighted by Crippen LogP contribution is -2.31. The van der Waals surface area contributed by atoms with Gasteiger partial charge in [0.1, 0.15) is 0 Å². The smallest absolute Gasteiger partial charge is 0.232 e. The van der Waals surface area contributed by atoms with Crippen LogP contribution >= 0.6 is 11.3 Å². The van der Waals surface area contributed by atoms with Gasteiger partial charge in [-0.3, -0.25) is 9.69 Å². The fourth-order valence-corrected chi connectivity index (χ4v) is 2.76. The number of anilines is 1. The molecule has 0 radical (unpaired) electrons. The van der Waals surface area contributed by atoms with Gasteiger partial charge in [-0.15, -0.1) is 17.9 Å². The van der Waals surface area contributed by atoms with Crippen LogP contribution < -0.4 is 4.90 Å². The van der Waals surface area contributed by atoms with Gasteiger partial charge in [-0.1, -0.05) is 36.4 Å². The summed E-state index contributed by atoms with van der Waals surface area (Å²) in [7, 11) is 0. The van der Waals surface area contributed by atoms with Gasteiger partial charge in [0.2, 0.25) is 5.91 Å². The molecule has 0 atom stereocenters. The van der Waals surface area contributed by atoms with Crippen LogP contribution in [0.1, 0.15) is 10.4 Å². The highest BCUT2D eigenvalue weighted by molar-refractivity contribution is 7.16. The molecular weight excluding hydrogens is 254 g/mol. The van der Waals surface area contributed by atoms with E-state index in [9.17, 15) is 4.79 Å². The second-order valence-corrected chi connectivity index (χ2v) is 5.61. The highest BCUT2D eigenvalue weighted by Crippen LogP contribution is 2.26. The van der Waals surface area contributed by atoms with Crippen molar-refractivity contribution in [2.75, 3.05) is 11.4 Å². The lowest BCUT2D eigenvalue weighted by molar-refractivity contribution is -0.117. The number of amides is 1. The summed E-state index contributed by atoms with van der Waals surface area (Å²) in [5, 5.41) is 0.985. The molecular formula is C16H17NOS. The van der Waals surface area contributed by atoms with E-state index in [4.69, 9.17) is 0 Å². The molecule has 3 heteroatoms. The molecule has 0 saturated heterocycles. The van der Waals surface area contributed by atoms with Crippen LogP contribution in [0.4, 0.5) is 5.00 Å². The van der Waals surface area contributed by atoms with Gasteiger partial charge in [0, 0.05) is 11.4 Å². The van der Waals surface area contributed by atoms with E-state index in [2.05, 4.69) is 6.58 Å². The molecule has 0 spiro atoms. The van der Waals surface area contributed by atoms with E-state index in [1.165, 1.54) is 4.88 Å². The number of rotatable bonds is 5.